The van der Waals surface area contributed by atoms with Crippen molar-refractivity contribution < 1.29 is 27.4 Å². The number of sulfonamides is 1. The monoisotopic (exact) mass is 723 g/mol. The number of halogens is 1. The zero-order valence-corrected chi connectivity index (χ0v) is 30.8. The van der Waals surface area contributed by atoms with Gasteiger partial charge in [-0.25, -0.2) is 13.1 Å². The molecule has 4 bridgehead atoms. The number of likely N-dealkylation sites (tertiary alicyclic amines) is 1. The second-order valence-electron chi connectivity index (χ2n) is 15.8. The van der Waals surface area contributed by atoms with Crippen molar-refractivity contribution in [1.82, 2.24) is 9.62 Å². The molecule has 0 unspecified atom stereocenters. The Kier molecular flexibility index (Phi) is 9.46. The van der Waals surface area contributed by atoms with E-state index in [0.717, 1.165) is 87.8 Å². The third-order valence-electron chi connectivity index (χ3n) is 12.7. The number of hydrogen-bond donors (Lipinski definition) is 1. The third-order valence-corrected chi connectivity index (χ3v) is 14.9. The molecule has 2 saturated heterocycles. The summed E-state index contributed by atoms with van der Waals surface area (Å²) in [5, 5.41) is -0.00652. The number of nitrogens with one attached hydrogen (secondary N) is 1. The topological polar surface area (TPSA) is 97.4 Å². The highest BCUT2D eigenvalue weighted by atomic mass is 35.5. The fourth-order valence-electron chi connectivity index (χ4n) is 9.38. The molecule has 1 N–H and O–H groups in total. The van der Waals surface area contributed by atoms with Gasteiger partial charge in [-0.1, -0.05) is 36.7 Å². The molecule has 1 spiro atoms. The van der Waals surface area contributed by atoms with E-state index in [-0.39, 0.29) is 17.4 Å². The molecule has 2 aliphatic carbocycles. The van der Waals surface area contributed by atoms with Crippen molar-refractivity contribution >= 4 is 33.2 Å². The molecule has 3 fully saturated rings. The van der Waals surface area contributed by atoms with Crippen LogP contribution in [0.25, 0.3) is 0 Å². The summed E-state index contributed by atoms with van der Waals surface area (Å²) in [6, 6.07) is 12.1. The zero-order valence-electron chi connectivity index (χ0n) is 29.2. The Hall–Kier alpha value is -2.63. The molecule has 8 rings (SSSR count). The van der Waals surface area contributed by atoms with Gasteiger partial charge in [0.15, 0.2) is 0 Å². The van der Waals surface area contributed by atoms with E-state index in [9.17, 15) is 13.2 Å². The Bertz CT molecular complexity index is 1750. The van der Waals surface area contributed by atoms with Crippen LogP contribution in [-0.4, -0.2) is 88.7 Å². The van der Waals surface area contributed by atoms with Gasteiger partial charge in [-0.15, -0.1) is 0 Å². The number of morpholine rings is 1. The Balaban J connectivity index is 1.13. The molecule has 0 aromatic heterocycles. The maximum absolute atomic E-state index is 13.5. The third kappa shape index (κ3) is 6.60. The summed E-state index contributed by atoms with van der Waals surface area (Å²) in [6.07, 6.45) is 11.5. The van der Waals surface area contributed by atoms with Gasteiger partial charge < -0.3 is 19.1 Å². The molecular weight excluding hydrogens is 674 g/mol. The standard InChI is InChI=1S/C39H50ClN3O6S/c1-25-5-3-7-36(47-16-15-42-21-32-19-31(42)22-48-32)33-11-8-29(33)20-43-23-39(14-4-6-27-17-30(40)10-12-34(27)39)24-49-37-13-9-28(18-35(37)43)38(44)41-50(45,46)26(25)2/h3,7,9-10,12-13,17-18,25-26,29,31-33,36H,4-6,8,11,14-16,19-24H2,1-2H3,(H,41,44)/b7-3-/t25-,26+,29-,31-,32-,33+,36-,39-/m0/s1. The molecule has 270 valence electrons. The number of anilines is 1. The number of hydrogen-bond acceptors (Lipinski definition) is 8. The van der Waals surface area contributed by atoms with Gasteiger partial charge in [0, 0.05) is 48.2 Å². The average molecular weight is 724 g/mol. The van der Waals surface area contributed by atoms with Crippen LogP contribution in [0.4, 0.5) is 5.69 Å². The molecule has 1 amide bonds. The summed E-state index contributed by atoms with van der Waals surface area (Å²) in [4.78, 5) is 18.5. The van der Waals surface area contributed by atoms with Crippen LogP contribution in [0.15, 0.2) is 48.6 Å². The molecule has 50 heavy (non-hydrogen) atoms. The number of carbonyl (C=O) groups is 1. The fourth-order valence-corrected chi connectivity index (χ4v) is 10.9. The van der Waals surface area contributed by atoms with Crippen LogP contribution in [0.1, 0.15) is 73.9 Å². The number of amides is 1. The van der Waals surface area contributed by atoms with E-state index in [1.165, 1.54) is 11.1 Å². The summed E-state index contributed by atoms with van der Waals surface area (Å²) in [6.45, 7) is 9.01. The number of rotatable bonds is 4. The largest absolute Gasteiger partial charge is 0.490 e. The van der Waals surface area contributed by atoms with Crippen LogP contribution < -0.4 is 14.4 Å². The fraction of sp³-hybridized carbons (Fsp3) is 0.615. The highest BCUT2D eigenvalue weighted by molar-refractivity contribution is 7.90. The van der Waals surface area contributed by atoms with Crippen LogP contribution >= 0.6 is 11.6 Å². The molecule has 9 nitrogen and oxygen atoms in total. The van der Waals surface area contributed by atoms with E-state index in [1.54, 1.807) is 13.0 Å². The van der Waals surface area contributed by atoms with Gasteiger partial charge in [-0.3, -0.25) is 9.69 Å². The number of fused-ring (bicyclic) bond motifs is 6. The van der Waals surface area contributed by atoms with E-state index in [2.05, 4.69) is 38.8 Å². The highest BCUT2D eigenvalue weighted by Crippen LogP contribution is 2.47. The molecule has 8 atom stereocenters. The van der Waals surface area contributed by atoms with Crippen molar-refractivity contribution in [2.75, 3.05) is 50.9 Å². The Morgan fingerprint density at radius 1 is 1.12 bits per heavy atom. The Labute approximate surface area is 301 Å². The van der Waals surface area contributed by atoms with E-state index in [1.807, 2.05) is 25.1 Å². The minimum atomic E-state index is -3.92. The molecule has 6 aliphatic rings. The molecule has 4 aliphatic heterocycles. The summed E-state index contributed by atoms with van der Waals surface area (Å²) < 4.78 is 48.5. The molecule has 11 heteroatoms. The first-order valence-corrected chi connectivity index (χ1v) is 20.5. The first kappa shape index (κ1) is 34.5. The van der Waals surface area contributed by atoms with E-state index < -0.39 is 21.2 Å². The quantitative estimate of drug-likeness (QED) is 0.399. The predicted octanol–water partition coefficient (Wildman–Crippen LogP) is 5.74. The molecule has 1 saturated carbocycles. The van der Waals surface area contributed by atoms with Crippen molar-refractivity contribution in [1.29, 1.82) is 0 Å². The lowest BCUT2D eigenvalue weighted by molar-refractivity contribution is -0.0323. The zero-order chi connectivity index (χ0) is 34.6. The number of allylic oxidation sites excluding steroid dienone is 1. The van der Waals surface area contributed by atoms with Crippen molar-refractivity contribution in [2.24, 2.45) is 17.8 Å². The summed E-state index contributed by atoms with van der Waals surface area (Å²) >= 11 is 6.47. The van der Waals surface area contributed by atoms with E-state index in [4.69, 9.17) is 25.8 Å². The summed E-state index contributed by atoms with van der Waals surface area (Å²) in [7, 11) is -3.92. The van der Waals surface area contributed by atoms with Gasteiger partial charge in [0.1, 0.15) is 5.75 Å². The van der Waals surface area contributed by atoms with Crippen LogP contribution in [0.2, 0.25) is 5.02 Å². The number of carbonyl (C=O) groups excluding carboxylic acids is 1. The van der Waals surface area contributed by atoms with E-state index >= 15 is 0 Å². The number of ether oxygens (including phenoxy) is 3. The van der Waals surface area contributed by atoms with Crippen LogP contribution in [-0.2, 0) is 31.3 Å². The lowest BCUT2D eigenvalue weighted by Crippen LogP contribution is -2.50. The van der Waals surface area contributed by atoms with Crippen molar-refractivity contribution in [3.05, 3.63) is 70.3 Å². The summed E-state index contributed by atoms with van der Waals surface area (Å²) in [5.74, 6) is 0.639. The number of benzene rings is 2. The van der Waals surface area contributed by atoms with Crippen LogP contribution in [0.5, 0.6) is 5.75 Å². The minimum Gasteiger partial charge on any atom is -0.490 e. The molecule has 2 aromatic rings. The van der Waals surface area contributed by atoms with Crippen LogP contribution in [0.3, 0.4) is 0 Å². The first-order chi connectivity index (χ1) is 24.1. The number of nitrogens with zero attached hydrogens (tertiary/aromatic N) is 2. The Morgan fingerprint density at radius 2 is 2.00 bits per heavy atom. The van der Waals surface area contributed by atoms with Gasteiger partial charge in [0.2, 0.25) is 10.0 Å². The molecular formula is C39H50ClN3O6S. The smallest absolute Gasteiger partial charge is 0.264 e. The molecule has 4 heterocycles. The second kappa shape index (κ2) is 13.7. The van der Waals surface area contributed by atoms with Gasteiger partial charge in [0.05, 0.1) is 43.0 Å². The van der Waals surface area contributed by atoms with Gasteiger partial charge in [-0.2, -0.15) is 0 Å². The number of aryl methyl sites for hydroxylation is 1. The van der Waals surface area contributed by atoms with Gasteiger partial charge >= 0.3 is 0 Å². The minimum absolute atomic E-state index is 0.0583. The SMILES string of the molecule is C[C@@H]1[C@@H](C)C/C=C\[C@H](OCCN2C[C@@H]3C[C@H]2CO3)[C@@H]2CC[C@H]2CN2C[C@@]3(CCCc4cc(Cl)ccc43)COc3ccc(cc32)C(=O)NS1(=O)=O. The normalized spacial score (nSPS) is 35.7. The van der Waals surface area contributed by atoms with Crippen molar-refractivity contribution in [2.45, 2.75) is 87.7 Å². The van der Waals surface area contributed by atoms with Crippen LogP contribution in [0, 0.1) is 17.8 Å². The van der Waals surface area contributed by atoms with Gasteiger partial charge in [0.25, 0.3) is 5.91 Å². The average Bonchev–Trinajstić information content (AvgIpc) is 3.67. The van der Waals surface area contributed by atoms with Crippen molar-refractivity contribution in [3.63, 3.8) is 0 Å². The molecule has 2 aromatic carbocycles. The Morgan fingerprint density at radius 3 is 2.78 bits per heavy atom. The summed E-state index contributed by atoms with van der Waals surface area (Å²) in [5.41, 5.74) is 3.47. The lowest BCUT2D eigenvalue weighted by Gasteiger charge is -2.46. The van der Waals surface area contributed by atoms with E-state index in [0.29, 0.717) is 49.2 Å². The van der Waals surface area contributed by atoms with Crippen molar-refractivity contribution in [3.8, 4) is 5.75 Å². The van der Waals surface area contributed by atoms with Gasteiger partial charge in [-0.05, 0) is 111 Å². The highest BCUT2D eigenvalue weighted by Gasteiger charge is 2.45. The maximum atomic E-state index is 13.5. The first-order valence-electron chi connectivity index (χ1n) is 18.6. The lowest BCUT2D eigenvalue weighted by atomic mass is 9.68. The predicted molar refractivity (Wildman–Crippen MR) is 195 cm³/mol. The molecule has 0 radical (unpaired) electrons. The second-order valence-corrected chi connectivity index (χ2v) is 18.3. The maximum Gasteiger partial charge on any atom is 0.264 e.